The van der Waals surface area contributed by atoms with Crippen molar-refractivity contribution in [3.63, 3.8) is 0 Å². The van der Waals surface area contributed by atoms with Crippen molar-refractivity contribution in [1.29, 1.82) is 0 Å². The van der Waals surface area contributed by atoms with Gasteiger partial charge in [-0.25, -0.2) is 4.39 Å². The molecule has 0 saturated heterocycles. The fourth-order valence-corrected chi connectivity index (χ4v) is 1.92. The zero-order valence-electron chi connectivity index (χ0n) is 11.9. The number of hydrogen-bond donors (Lipinski definition) is 2. The lowest BCUT2D eigenvalue weighted by Crippen LogP contribution is -2.39. The number of nitrogens with one attached hydrogen (secondary N) is 2. The molecule has 0 atom stereocenters. The molecule has 4 heteroatoms. The molecule has 0 aliphatic heterocycles. The second-order valence-electron chi connectivity index (χ2n) is 5.60. The molecule has 0 bridgehead atoms. The summed E-state index contributed by atoms with van der Waals surface area (Å²) in [4.78, 5) is 11.7. The first-order chi connectivity index (χ1) is 8.93. The first-order valence-electron chi connectivity index (χ1n) is 6.59. The van der Waals surface area contributed by atoms with Crippen LogP contribution in [0, 0.1) is 11.2 Å². The normalized spacial score (nSPS) is 11.4. The summed E-state index contributed by atoms with van der Waals surface area (Å²) in [6.07, 6.45) is 0.954. The van der Waals surface area contributed by atoms with Crippen LogP contribution in [0.15, 0.2) is 24.3 Å². The average molecular weight is 266 g/mol. The molecule has 0 spiro atoms. The molecule has 1 aromatic carbocycles. The van der Waals surface area contributed by atoms with Crippen LogP contribution in [0.1, 0.15) is 25.8 Å². The lowest BCUT2D eigenvalue weighted by molar-refractivity contribution is -0.121. The predicted molar refractivity (Wildman–Crippen MR) is 75.4 cm³/mol. The second-order valence-corrected chi connectivity index (χ2v) is 5.60. The minimum Gasteiger partial charge on any atom is -0.356 e. The number of rotatable bonds is 7. The van der Waals surface area contributed by atoms with Gasteiger partial charge in [0.25, 0.3) is 0 Å². The van der Waals surface area contributed by atoms with E-state index in [2.05, 4.69) is 24.5 Å². The molecule has 3 nitrogen and oxygen atoms in total. The van der Waals surface area contributed by atoms with Gasteiger partial charge in [-0.05, 0) is 36.6 Å². The Morgan fingerprint density at radius 3 is 2.68 bits per heavy atom. The number of halogens is 1. The third-order valence-corrected chi connectivity index (χ3v) is 2.95. The first-order valence-corrected chi connectivity index (χ1v) is 6.59. The zero-order valence-corrected chi connectivity index (χ0v) is 11.9. The Morgan fingerprint density at radius 1 is 1.32 bits per heavy atom. The highest BCUT2D eigenvalue weighted by molar-refractivity contribution is 5.76. The molecule has 2 N–H and O–H groups in total. The largest absolute Gasteiger partial charge is 0.356 e. The number of amides is 1. The van der Waals surface area contributed by atoms with Crippen LogP contribution < -0.4 is 10.6 Å². The Hall–Kier alpha value is -1.42. The first kappa shape index (κ1) is 15.6. The summed E-state index contributed by atoms with van der Waals surface area (Å²) in [5.74, 6) is -0.249. The molecule has 0 radical (unpaired) electrons. The van der Waals surface area contributed by atoms with Crippen LogP contribution in [-0.2, 0) is 11.2 Å². The van der Waals surface area contributed by atoms with Crippen molar-refractivity contribution in [2.75, 3.05) is 20.1 Å². The summed E-state index contributed by atoms with van der Waals surface area (Å²) < 4.78 is 13.0. The smallest absolute Gasteiger partial charge is 0.220 e. The van der Waals surface area contributed by atoms with Gasteiger partial charge in [-0.3, -0.25) is 4.79 Å². The highest BCUT2D eigenvalue weighted by atomic mass is 19.1. The predicted octanol–water partition coefficient (Wildman–Crippen LogP) is 2.12. The van der Waals surface area contributed by atoms with Crippen LogP contribution >= 0.6 is 0 Å². The maximum atomic E-state index is 13.0. The summed E-state index contributed by atoms with van der Waals surface area (Å²) in [7, 11) is 1.90. The Morgan fingerprint density at radius 2 is 2.05 bits per heavy atom. The molecule has 0 aromatic heterocycles. The topological polar surface area (TPSA) is 41.1 Å². The van der Waals surface area contributed by atoms with Gasteiger partial charge in [0.2, 0.25) is 5.91 Å². The SMILES string of the molecule is CNCC(C)(C)CNC(=O)CCc1cccc(F)c1. The van der Waals surface area contributed by atoms with E-state index in [0.717, 1.165) is 12.1 Å². The van der Waals surface area contributed by atoms with E-state index in [9.17, 15) is 9.18 Å². The summed E-state index contributed by atoms with van der Waals surface area (Å²) in [6, 6.07) is 6.38. The van der Waals surface area contributed by atoms with Crippen LogP contribution in [-0.4, -0.2) is 26.0 Å². The van der Waals surface area contributed by atoms with Crippen molar-refractivity contribution in [3.8, 4) is 0 Å². The van der Waals surface area contributed by atoms with E-state index in [0.29, 0.717) is 19.4 Å². The number of hydrogen-bond acceptors (Lipinski definition) is 2. The number of carbonyl (C=O) groups is 1. The third kappa shape index (κ3) is 6.34. The van der Waals surface area contributed by atoms with Gasteiger partial charge >= 0.3 is 0 Å². The van der Waals surface area contributed by atoms with Crippen LogP contribution in [0.2, 0.25) is 0 Å². The van der Waals surface area contributed by atoms with Gasteiger partial charge in [0.15, 0.2) is 0 Å². The van der Waals surface area contributed by atoms with Crippen LogP contribution in [0.5, 0.6) is 0 Å². The van der Waals surface area contributed by atoms with E-state index in [4.69, 9.17) is 0 Å². The Kier molecular flexibility index (Phi) is 5.96. The van der Waals surface area contributed by atoms with Crippen LogP contribution in [0.25, 0.3) is 0 Å². The van der Waals surface area contributed by atoms with Crippen molar-refractivity contribution in [2.45, 2.75) is 26.7 Å². The van der Waals surface area contributed by atoms with Crippen LogP contribution in [0.3, 0.4) is 0 Å². The maximum Gasteiger partial charge on any atom is 0.220 e. The molecule has 1 amide bonds. The van der Waals surface area contributed by atoms with Gasteiger partial charge in [-0.15, -0.1) is 0 Å². The number of benzene rings is 1. The van der Waals surface area contributed by atoms with E-state index in [-0.39, 0.29) is 17.1 Å². The van der Waals surface area contributed by atoms with Gasteiger partial charge in [0.1, 0.15) is 5.82 Å². The third-order valence-electron chi connectivity index (χ3n) is 2.95. The molecule has 1 aromatic rings. The number of carbonyl (C=O) groups excluding carboxylic acids is 1. The molecule has 0 fully saturated rings. The average Bonchev–Trinajstić information content (AvgIpc) is 2.34. The van der Waals surface area contributed by atoms with Crippen molar-refractivity contribution < 1.29 is 9.18 Å². The van der Waals surface area contributed by atoms with E-state index in [1.165, 1.54) is 12.1 Å². The fourth-order valence-electron chi connectivity index (χ4n) is 1.92. The van der Waals surface area contributed by atoms with Gasteiger partial charge in [-0.1, -0.05) is 26.0 Å². The lowest BCUT2D eigenvalue weighted by Gasteiger charge is -2.24. The molecule has 19 heavy (non-hydrogen) atoms. The molecule has 106 valence electrons. The molecular weight excluding hydrogens is 243 g/mol. The number of aryl methyl sites for hydroxylation is 1. The monoisotopic (exact) mass is 266 g/mol. The Labute approximate surface area is 114 Å². The van der Waals surface area contributed by atoms with E-state index in [1.54, 1.807) is 6.07 Å². The highest BCUT2D eigenvalue weighted by Crippen LogP contribution is 2.11. The Balaban J connectivity index is 2.32. The molecular formula is C15H23FN2O. The van der Waals surface area contributed by atoms with Gasteiger partial charge in [0.05, 0.1) is 0 Å². The standard InChI is InChI=1S/C15H23FN2O/c1-15(2,10-17-3)11-18-14(19)8-7-12-5-4-6-13(16)9-12/h4-6,9,17H,7-8,10-11H2,1-3H3,(H,18,19). The lowest BCUT2D eigenvalue weighted by atomic mass is 9.93. The van der Waals surface area contributed by atoms with E-state index < -0.39 is 0 Å². The summed E-state index contributed by atoms with van der Waals surface area (Å²) in [6.45, 7) is 5.67. The van der Waals surface area contributed by atoms with Crippen molar-refractivity contribution >= 4 is 5.91 Å². The molecule has 0 heterocycles. The van der Waals surface area contributed by atoms with E-state index in [1.807, 2.05) is 13.1 Å². The fraction of sp³-hybridized carbons (Fsp3) is 0.533. The molecule has 0 unspecified atom stereocenters. The maximum absolute atomic E-state index is 13.0. The summed E-state index contributed by atoms with van der Waals surface area (Å²) >= 11 is 0. The van der Waals surface area contributed by atoms with Gasteiger partial charge < -0.3 is 10.6 Å². The summed E-state index contributed by atoms with van der Waals surface area (Å²) in [5, 5.41) is 6.02. The molecule has 1 rings (SSSR count). The van der Waals surface area contributed by atoms with Gasteiger partial charge in [-0.2, -0.15) is 0 Å². The molecule has 0 aliphatic carbocycles. The second kappa shape index (κ2) is 7.24. The zero-order chi connectivity index (χ0) is 14.3. The van der Waals surface area contributed by atoms with Crippen LogP contribution in [0.4, 0.5) is 4.39 Å². The van der Waals surface area contributed by atoms with Crippen molar-refractivity contribution in [3.05, 3.63) is 35.6 Å². The van der Waals surface area contributed by atoms with E-state index >= 15 is 0 Å². The quantitative estimate of drug-likeness (QED) is 0.793. The van der Waals surface area contributed by atoms with Crippen molar-refractivity contribution in [2.24, 2.45) is 5.41 Å². The molecule has 0 aliphatic rings. The highest BCUT2D eigenvalue weighted by Gasteiger charge is 2.17. The Bertz CT molecular complexity index is 418. The molecule has 0 saturated carbocycles. The summed E-state index contributed by atoms with van der Waals surface area (Å²) in [5.41, 5.74) is 0.883. The van der Waals surface area contributed by atoms with Gasteiger partial charge in [0, 0.05) is 19.5 Å². The minimum absolute atomic E-state index is 0.00781. The minimum atomic E-state index is -0.256. The van der Waals surface area contributed by atoms with Crippen molar-refractivity contribution in [1.82, 2.24) is 10.6 Å².